The highest BCUT2D eigenvalue weighted by molar-refractivity contribution is 9.10. The van der Waals surface area contributed by atoms with Gasteiger partial charge in [0.2, 0.25) is 0 Å². The second-order valence-electron chi connectivity index (χ2n) is 7.31. The largest absolute Gasteiger partial charge is 0.493 e. The molecule has 2 N–H and O–H groups in total. The Hall–Kier alpha value is -1.77. The quantitative estimate of drug-likeness (QED) is 0.709. The number of anilines is 1. The van der Waals surface area contributed by atoms with Crippen LogP contribution in [0.3, 0.4) is 0 Å². The van der Waals surface area contributed by atoms with Gasteiger partial charge in [-0.3, -0.25) is 9.69 Å². The molecule has 0 saturated heterocycles. The van der Waals surface area contributed by atoms with Crippen LogP contribution in [-0.4, -0.2) is 37.6 Å². The number of methoxy groups -OCH3 is 2. The van der Waals surface area contributed by atoms with Crippen molar-refractivity contribution in [1.29, 1.82) is 0 Å². The summed E-state index contributed by atoms with van der Waals surface area (Å²) in [5, 5.41) is 7.57. The molecule has 0 aliphatic carbocycles. The first kappa shape index (κ1) is 19.5. The topological polar surface area (TPSA) is 62.8 Å². The molecule has 1 aromatic heterocycles. The van der Waals surface area contributed by atoms with Gasteiger partial charge < -0.3 is 20.1 Å². The van der Waals surface area contributed by atoms with Gasteiger partial charge in [-0.2, -0.15) is 0 Å². The molecule has 1 aromatic carbocycles. The molecule has 0 radical (unpaired) electrons. The number of fused-ring (bicyclic) bond motifs is 3. The lowest BCUT2D eigenvalue weighted by Crippen LogP contribution is -2.39. The van der Waals surface area contributed by atoms with Gasteiger partial charge in [-0.15, -0.1) is 11.3 Å². The number of halogens is 1. The maximum absolute atomic E-state index is 13.0. The minimum Gasteiger partial charge on any atom is -0.493 e. The third-order valence-corrected chi connectivity index (χ3v) is 7.12. The van der Waals surface area contributed by atoms with Gasteiger partial charge in [-0.05, 0) is 59.5 Å². The molecule has 4 rings (SSSR count). The molecule has 1 amide bonds. The highest BCUT2D eigenvalue weighted by Gasteiger charge is 2.34. The predicted octanol–water partition coefficient (Wildman–Crippen LogP) is 4.15. The zero-order chi connectivity index (χ0) is 20.0. The van der Waals surface area contributed by atoms with Crippen molar-refractivity contribution in [2.45, 2.75) is 39.0 Å². The van der Waals surface area contributed by atoms with Crippen LogP contribution < -0.4 is 20.1 Å². The zero-order valence-electron chi connectivity index (χ0n) is 16.4. The molecule has 28 heavy (non-hydrogen) atoms. The highest BCUT2D eigenvalue weighted by Crippen LogP contribution is 2.43. The average molecular weight is 466 g/mol. The maximum atomic E-state index is 13.0. The van der Waals surface area contributed by atoms with Crippen LogP contribution in [0.5, 0.6) is 11.5 Å². The minimum absolute atomic E-state index is 0.0137. The van der Waals surface area contributed by atoms with Crippen LogP contribution in [0, 0.1) is 0 Å². The van der Waals surface area contributed by atoms with E-state index in [9.17, 15) is 4.79 Å². The number of hydrogen-bond donors (Lipinski definition) is 2. The van der Waals surface area contributed by atoms with Gasteiger partial charge in [0.1, 0.15) is 11.2 Å². The minimum atomic E-state index is -0.322. The van der Waals surface area contributed by atoms with Gasteiger partial charge in [0, 0.05) is 24.0 Å². The predicted molar refractivity (Wildman–Crippen MR) is 115 cm³/mol. The number of carbonyl (C=O) groups excluding carboxylic acids is 1. The molecule has 8 heteroatoms. The zero-order valence-corrected chi connectivity index (χ0v) is 18.8. The van der Waals surface area contributed by atoms with Crippen LogP contribution >= 0.6 is 27.3 Å². The first-order chi connectivity index (χ1) is 13.4. The molecule has 0 unspecified atom stereocenters. The average Bonchev–Trinajstić information content (AvgIpc) is 3.05. The van der Waals surface area contributed by atoms with Crippen molar-refractivity contribution >= 4 is 38.2 Å². The van der Waals surface area contributed by atoms with E-state index in [2.05, 4.69) is 45.3 Å². The third kappa shape index (κ3) is 3.27. The van der Waals surface area contributed by atoms with E-state index in [0.29, 0.717) is 17.5 Å². The molecule has 0 fully saturated rings. The Morgan fingerprint density at radius 2 is 2.04 bits per heavy atom. The van der Waals surface area contributed by atoms with Crippen molar-refractivity contribution < 1.29 is 14.3 Å². The Balaban J connectivity index is 1.66. The fourth-order valence-electron chi connectivity index (χ4n) is 3.85. The first-order valence-electron chi connectivity index (χ1n) is 9.30. The van der Waals surface area contributed by atoms with E-state index in [0.717, 1.165) is 40.1 Å². The summed E-state index contributed by atoms with van der Waals surface area (Å²) in [6.45, 7) is 6.34. The van der Waals surface area contributed by atoms with Gasteiger partial charge in [0.05, 0.1) is 24.3 Å². The number of hydrogen-bond acceptors (Lipinski definition) is 6. The Bertz CT molecular complexity index is 928. The highest BCUT2D eigenvalue weighted by atomic mass is 79.9. The van der Waals surface area contributed by atoms with Crippen LogP contribution in [0.25, 0.3) is 0 Å². The SMILES string of the molecule is COc1cc([C@@H]2NC(=O)c3c(sc4c3CCN(C(C)C)C4)N2)cc(Br)c1OC. The van der Waals surface area contributed by atoms with E-state index in [1.165, 1.54) is 10.4 Å². The molecule has 3 heterocycles. The third-order valence-electron chi connectivity index (χ3n) is 5.38. The molecule has 0 bridgehead atoms. The van der Waals surface area contributed by atoms with Crippen molar-refractivity contribution in [2.75, 3.05) is 26.1 Å². The number of amides is 1. The molecule has 1 atom stereocenters. The van der Waals surface area contributed by atoms with E-state index in [1.807, 2.05) is 12.1 Å². The molecule has 0 spiro atoms. The van der Waals surface area contributed by atoms with Gasteiger partial charge in [0.15, 0.2) is 11.5 Å². The standard InChI is InChI=1S/C20H24BrN3O3S/c1-10(2)24-6-5-12-15(9-24)28-20-16(12)19(25)22-18(23-20)11-7-13(21)17(27-4)14(8-11)26-3/h7-8,10,18,23H,5-6,9H2,1-4H3,(H,22,25)/t18-/m1/s1. The van der Waals surface area contributed by atoms with E-state index in [-0.39, 0.29) is 12.1 Å². The number of ether oxygens (including phenoxy) is 2. The van der Waals surface area contributed by atoms with Gasteiger partial charge in [-0.1, -0.05) is 0 Å². The van der Waals surface area contributed by atoms with Crippen LogP contribution in [0.2, 0.25) is 0 Å². The Morgan fingerprint density at radius 1 is 1.25 bits per heavy atom. The van der Waals surface area contributed by atoms with Crippen LogP contribution in [0.15, 0.2) is 16.6 Å². The molecule has 150 valence electrons. The molecular weight excluding hydrogens is 442 g/mol. The van der Waals surface area contributed by atoms with Gasteiger partial charge in [0.25, 0.3) is 5.91 Å². The number of nitrogens with one attached hydrogen (secondary N) is 2. The van der Waals surface area contributed by atoms with Crippen molar-refractivity contribution in [3.05, 3.63) is 38.2 Å². The lowest BCUT2D eigenvalue weighted by Gasteiger charge is -2.31. The normalized spacial score (nSPS) is 18.9. The fraction of sp³-hybridized carbons (Fsp3) is 0.450. The summed E-state index contributed by atoms with van der Waals surface area (Å²) in [5.41, 5.74) is 2.92. The molecule has 2 aliphatic heterocycles. The Labute approximate surface area is 177 Å². The number of nitrogens with zero attached hydrogens (tertiary/aromatic N) is 1. The van der Waals surface area contributed by atoms with E-state index < -0.39 is 0 Å². The number of benzene rings is 1. The summed E-state index contributed by atoms with van der Waals surface area (Å²) in [5.74, 6) is 1.24. The molecular formula is C20H24BrN3O3S. The lowest BCUT2D eigenvalue weighted by atomic mass is 9.99. The van der Waals surface area contributed by atoms with E-state index in [1.54, 1.807) is 25.6 Å². The number of rotatable bonds is 4. The van der Waals surface area contributed by atoms with E-state index in [4.69, 9.17) is 9.47 Å². The van der Waals surface area contributed by atoms with Crippen molar-refractivity contribution in [3.63, 3.8) is 0 Å². The second kappa shape index (κ2) is 7.57. The van der Waals surface area contributed by atoms with Gasteiger partial charge >= 0.3 is 0 Å². The summed E-state index contributed by atoms with van der Waals surface area (Å²) < 4.78 is 11.6. The molecule has 0 saturated carbocycles. The molecule has 2 aliphatic rings. The summed E-state index contributed by atoms with van der Waals surface area (Å²) in [6, 6.07) is 4.34. The fourth-order valence-corrected chi connectivity index (χ4v) is 5.77. The first-order valence-corrected chi connectivity index (χ1v) is 10.9. The van der Waals surface area contributed by atoms with Crippen molar-refractivity contribution in [2.24, 2.45) is 0 Å². The summed E-state index contributed by atoms with van der Waals surface area (Å²) in [6.07, 6.45) is 0.596. The molecule has 2 aromatic rings. The summed E-state index contributed by atoms with van der Waals surface area (Å²) in [7, 11) is 3.21. The Kier molecular flexibility index (Phi) is 5.28. The second-order valence-corrected chi connectivity index (χ2v) is 9.27. The maximum Gasteiger partial charge on any atom is 0.256 e. The van der Waals surface area contributed by atoms with Crippen molar-refractivity contribution in [1.82, 2.24) is 10.2 Å². The van der Waals surface area contributed by atoms with E-state index >= 15 is 0 Å². The number of carbonyl (C=O) groups is 1. The Morgan fingerprint density at radius 3 is 2.71 bits per heavy atom. The van der Waals surface area contributed by atoms with Crippen molar-refractivity contribution in [3.8, 4) is 11.5 Å². The van der Waals surface area contributed by atoms with Crippen LogP contribution in [0.4, 0.5) is 5.00 Å². The van der Waals surface area contributed by atoms with Gasteiger partial charge in [-0.25, -0.2) is 0 Å². The van der Waals surface area contributed by atoms with Crippen LogP contribution in [-0.2, 0) is 13.0 Å². The lowest BCUT2D eigenvalue weighted by molar-refractivity contribution is 0.0934. The van der Waals surface area contributed by atoms with Crippen LogP contribution in [0.1, 0.15) is 46.4 Å². The summed E-state index contributed by atoms with van der Waals surface area (Å²) in [4.78, 5) is 16.7. The number of thiophene rings is 1. The summed E-state index contributed by atoms with van der Waals surface area (Å²) >= 11 is 5.23. The molecule has 6 nitrogen and oxygen atoms in total. The monoisotopic (exact) mass is 465 g/mol. The smallest absolute Gasteiger partial charge is 0.256 e.